The highest BCUT2D eigenvalue weighted by molar-refractivity contribution is 7.91. The number of aryl methyl sites for hydroxylation is 1. The zero-order valence-electron chi connectivity index (χ0n) is 15.2. The van der Waals surface area contributed by atoms with Crippen molar-refractivity contribution in [2.75, 3.05) is 31.5 Å². The van der Waals surface area contributed by atoms with Crippen LogP contribution in [-0.2, 0) is 14.8 Å². The van der Waals surface area contributed by atoms with Crippen LogP contribution in [0.4, 0.5) is 10.1 Å². The number of sulfonamides is 1. The third-order valence-electron chi connectivity index (χ3n) is 4.64. The molecule has 0 spiro atoms. The van der Waals surface area contributed by atoms with Gasteiger partial charge in [-0.25, -0.2) is 12.8 Å². The van der Waals surface area contributed by atoms with Gasteiger partial charge in [0.05, 0.1) is 11.7 Å². The van der Waals surface area contributed by atoms with E-state index in [-0.39, 0.29) is 11.6 Å². The van der Waals surface area contributed by atoms with E-state index in [1.807, 2.05) is 11.8 Å². The second-order valence-electron chi connectivity index (χ2n) is 6.45. The average molecular weight is 412 g/mol. The summed E-state index contributed by atoms with van der Waals surface area (Å²) in [4.78, 5) is 15.3. The number of nitrogens with zero attached hydrogens (tertiary/aromatic N) is 2. The van der Waals surface area contributed by atoms with Gasteiger partial charge < -0.3 is 5.32 Å². The highest BCUT2D eigenvalue weighted by atomic mass is 32.2. The van der Waals surface area contributed by atoms with Gasteiger partial charge in [-0.3, -0.25) is 9.69 Å². The first-order valence-electron chi connectivity index (χ1n) is 8.65. The molecule has 27 heavy (non-hydrogen) atoms. The Morgan fingerprint density at radius 3 is 2.41 bits per heavy atom. The van der Waals surface area contributed by atoms with Crippen molar-refractivity contribution < 1.29 is 17.6 Å². The van der Waals surface area contributed by atoms with Crippen molar-refractivity contribution in [3.8, 4) is 0 Å². The lowest BCUT2D eigenvalue weighted by atomic mass is 10.2. The van der Waals surface area contributed by atoms with Gasteiger partial charge in [-0.05, 0) is 38.1 Å². The number of thiophene rings is 1. The molecule has 0 aliphatic carbocycles. The average Bonchev–Trinajstić information content (AvgIpc) is 3.10. The number of hydrogen-bond donors (Lipinski definition) is 1. The molecule has 1 aromatic heterocycles. The Bertz CT molecular complexity index is 921. The summed E-state index contributed by atoms with van der Waals surface area (Å²) >= 11 is 1.26. The predicted octanol–water partition coefficient (Wildman–Crippen LogP) is 2.53. The van der Waals surface area contributed by atoms with Crippen LogP contribution >= 0.6 is 11.3 Å². The van der Waals surface area contributed by atoms with Gasteiger partial charge in [0.2, 0.25) is 5.91 Å². The van der Waals surface area contributed by atoms with Crippen molar-refractivity contribution >= 4 is 33.0 Å². The van der Waals surface area contributed by atoms with Crippen LogP contribution in [0.1, 0.15) is 11.8 Å². The fourth-order valence-electron chi connectivity index (χ4n) is 2.97. The lowest BCUT2D eigenvalue weighted by Crippen LogP contribution is -2.53. The molecule has 1 fully saturated rings. The van der Waals surface area contributed by atoms with Crippen LogP contribution in [0.3, 0.4) is 0 Å². The Hall–Kier alpha value is -1.81. The normalized spacial score (nSPS) is 17.6. The Labute approximate surface area is 162 Å². The van der Waals surface area contributed by atoms with Gasteiger partial charge in [-0.1, -0.05) is 12.1 Å². The van der Waals surface area contributed by atoms with Crippen molar-refractivity contribution in [3.05, 3.63) is 47.1 Å². The first-order chi connectivity index (χ1) is 12.8. The van der Waals surface area contributed by atoms with Crippen LogP contribution in [-0.4, -0.2) is 55.8 Å². The number of amides is 1. The van der Waals surface area contributed by atoms with Gasteiger partial charge in [-0.2, -0.15) is 4.31 Å². The quantitative estimate of drug-likeness (QED) is 0.821. The fourth-order valence-corrected chi connectivity index (χ4v) is 5.83. The van der Waals surface area contributed by atoms with Crippen LogP contribution in [0.25, 0.3) is 0 Å². The first kappa shape index (κ1) is 19.9. The number of piperazine rings is 1. The molecular formula is C18H22FN3O3S2. The molecule has 2 aromatic rings. The van der Waals surface area contributed by atoms with Crippen LogP contribution < -0.4 is 5.32 Å². The third kappa shape index (κ3) is 4.37. The van der Waals surface area contributed by atoms with Crippen LogP contribution in [0, 0.1) is 12.7 Å². The Morgan fingerprint density at radius 1 is 1.15 bits per heavy atom. The number of para-hydroxylation sites is 1. The molecule has 146 valence electrons. The summed E-state index contributed by atoms with van der Waals surface area (Å²) in [6.45, 7) is 5.12. The van der Waals surface area contributed by atoms with Gasteiger partial charge >= 0.3 is 0 Å². The summed E-state index contributed by atoms with van der Waals surface area (Å²) in [7, 11) is -3.49. The van der Waals surface area contributed by atoms with Crippen molar-refractivity contribution in [1.82, 2.24) is 9.21 Å². The molecule has 1 unspecified atom stereocenters. The van der Waals surface area contributed by atoms with E-state index in [4.69, 9.17) is 0 Å². The summed E-state index contributed by atoms with van der Waals surface area (Å²) in [5.74, 6) is -0.800. The maximum absolute atomic E-state index is 13.7. The molecule has 0 bridgehead atoms. The largest absolute Gasteiger partial charge is 0.322 e. The van der Waals surface area contributed by atoms with Crippen molar-refractivity contribution in [2.45, 2.75) is 24.1 Å². The van der Waals surface area contributed by atoms with Gasteiger partial charge in [0.25, 0.3) is 10.0 Å². The molecule has 2 heterocycles. The smallest absolute Gasteiger partial charge is 0.252 e. The lowest BCUT2D eigenvalue weighted by molar-refractivity contribution is -0.121. The standard InChI is InChI=1S/C18H22FN3O3S2/c1-13-7-8-17(26-13)27(24,25)22-11-9-21(10-12-22)14(2)18(23)20-16-6-4-3-5-15(16)19/h3-8,14H,9-12H2,1-2H3,(H,20,23). The van der Waals surface area contributed by atoms with E-state index in [1.165, 1.54) is 27.8 Å². The van der Waals surface area contributed by atoms with E-state index in [0.29, 0.717) is 30.4 Å². The van der Waals surface area contributed by atoms with Crippen LogP contribution in [0.5, 0.6) is 0 Å². The predicted molar refractivity (Wildman–Crippen MR) is 104 cm³/mol. The zero-order valence-corrected chi connectivity index (χ0v) is 16.8. The molecule has 1 N–H and O–H groups in total. The maximum Gasteiger partial charge on any atom is 0.252 e. The second kappa shape index (κ2) is 8.05. The minimum Gasteiger partial charge on any atom is -0.322 e. The molecule has 9 heteroatoms. The molecule has 1 aliphatic rings. The summed E-state index contributed by atoms with van der Waals surface area (Å²) in [5, 5.41) is 2.59. The topological polar surface area (TPSA) is 69.7 Å². The van der Waals surface area contributed by atoms with E-state index in [2.05, 4.69) is 5.32 Å². The molecule has 3 rings (SSSR count). The summed E-state index contributed by atoms with van der Waals surface area (Å²) in [5.41, 5.74) is 0.142. The van der Waals surface area contributed by atoms with Gasteiger partial charge in [0.15, 0.2) is 0 Å². The number of rotatable bonds is 5. The van der Waals surface area contributed by atoms with E-state index in [9.17, 15) is 17.6 Å². The Kier molecular flexibility index (Phi) is 5.95. The zero-order chi connectivity index (χ0) is 19.6. The summed E-state index contributed by atoms with van der Waals surface area (Å²) in [6, 6.07) is 8.94. The molecule has 1 aromatic carbocycles. The minimum atomic E-state index is -3.49. The second-order valence-corrected chi connectivity index (χ2v) is 9.90. The molecular weight excluding hydrogens is 389 g/mol. The van der Waals surface area contributed by atoms with E-state index >= 15 is 0 Å². The van der Waals surface area contributed by atoms with Crippen LogP contribution in [0.15, 0.2) is 40.6 Å². The molecule has 1 saturated heterocycles. The third-order valence-corrected chi connectivity index (χ3v) is 8.01. The minimum absolute atomic E-state index is 0.142. The van der Waals surface area contributed by atoms with Crippen molar-refractivity contribution in [3.63, 3.8) is 0 Å². The number of nitrogens with one attached hydrogen (secondary N) is 1. The number of anilines is 1. The maximum atomic E-state index is 13.7. The highest BCUT2D eigenvalue weighted by Gasteiger charge is 2.32. The van der Waals surface area contributed by atoms with E-state index in [1.54, 1.807) is 31.2 Å². The fraction of sp³-hybridized carbons (Fsp3) is 0.389. The first-order valence-corrected chi connectivity index (χ1v) is 10.9. The van der Waals surface area contributed by atoms with Gasteiger partial charge in [0, 0.05) is 31.1 Å². The Morgan fingerprint density at radius 2 is 1.81 bits per heavy atom. The summed E-state index contributed by atoms with van der Waals surface area (Å²) < 4.78 is 40.9. The van der Waals surface area contributed by atoms with Gasteiger partial charge in [-0.15, -0.1) is 11.3 Å². The van der Waals surface area contributed by atoms with Gasteiger partial charge in [0.1, 0.15) is 10.0 Å². The number of halogens is 1. The molecule has 0 saturated carbocycles. The number of carbonyl (C=O) groups excluding carboxylic acids is 1. The molecule has 1 aliphatic heterocycles. The summed E-state index contributed by atoms with van der Waals surface area (Å²) in [6.07, 6.45) is 0. The lowest BCUT2D eigenvalue weighted by Gasteiger charge is -2.36. The van der Waals surface area contributed by atoms with E-state index < -0.39 is 21.9 Å². The molecule has 1 amide bonds. The van der Waals surface area contributed by atoms with Crippen molar-refractivity contribution in [1.29, 1.82) is 0 Å². The van der Waals surface area contributed by atoms with Crippen molar-refractivity contribution in [2.24, 2.45) is 0 Å². The number of carbonyl (C=O) groups is 1. The number of hydrogen-bond acceptors (Lipinski definition) is 5. The van der Waals surface area contributed by atoms with E-state index in [0.717, 1.165) is 4.88 Å². The molecule has 0 radical (unpaired) electrons. The molecule has 1 atom stereocenters. The van der Waals surface area contributed by atoms with Crippen LogP contribution in [0.2, 0.25) is 0 Å². The SMILES string of the molecule is Cc1ccc(S(=O)(=O)N2CCN(C(C)C(=O)Nc3ccccc3F)CC2)s1. The Balaban J connectivity index is 1.60. The monoisotopic (exact) mass is 411 g/mol. The molecule has 6 nitrogen and oxygen atoms in total. The highest BCUT2D eigenvalue weighted by Crippen LogP contribution is 2.25. The number of benzene rings is 1.